The maximum absolute atomic E-state index is 11.4. The Balaban J connectivity index is 2.35. The molecule has 10 nitrogen and oxygen atoms in total. The Hall–Kier alpha value is -3.18. The summed E-state index contributed by atoms with van der Waals surface area (Å²) >= 11 is 0. The molecular formula is C16H18N4O6S. The Morgan fingerprint density at radius 2 is 1.81 bits per heavy atom. The first-order valence-electron chi connectivity index (χ1n) is 7.51. The molecule has 0 radical (unpaired) electrons. The van der Waals surface area contributed by atoms with Crippen molar-refractivity contribution in [3.63, 3.8) is 0 Å². The lowest BCUT2D eigenvalue weighted by molar-refractivity contribution is -0.384. The number of nitrogens with one attached hydrogen (secondary N) is 1. The number of nitrogens with zero attached hydrogens (tertiary/aromatic N) is 2. The Labute approximate surface area is 155 Å². The number of benzene rings is 2. The first-order valence-corrected chi connectivity index (χ1v) is 9.06. The zero-order valence-electron chi connectivity index (χ0n) is 14.8. The van der Waals surface area contributed by atoms with Crippen molar-refractivity contribution in [2.75, 3.05) is 19.6 Å². The first-order chi connectivity index (χ1) is 12.7. The summed E-state index contributed by atoms with van der Waals surface area (Å²) in [6.07, 6.45) is 0. The maximum atomic E-state index is 11.4. The SMILES string of the molecule is COc1ccc(/C(C)=N\Nc2ccc(S(N)(=O)=O)cc2[N+](=O)[O-])cc1OC. The van der Waals surface area contributed by atoms with Crippen LogP contribution in [0.25, 0.3) is 0 Å². The number of hydrogen-bond donors (Lipinski definition) is 2. The molecule has 2 aromatic rings. The molecule has 0 saturated carbocycles. The molecule has 0 aromatic heterocycles. The van der Waals surface area contributed by atoms with Crippen LogP contribution in [0.3, 0.4) is 0 Å². The van der Waals surface area contributed by atoms with Gasteiger partial charge in [-0.2, -0.15) is 5.10 Å². The molecule has 0 aliphatic rings. The molecule has 0 amide bonds. The van der Waals surface area contributed by atoms with Gasteiger partial charge < -0.3 is 9.47 Å². The molecule has 0 aliphatic carbocycles. The summed E-state index contributed by atoms with van der Waals surface area (Å²) < 4.78 is 33.1. The standard InChI is InChI=1S/C16H18N4O6S/c1-10(11-4-7-15(25-2)16(8-11)26-3)18-19-13-6-5-12(27(17,23)24)9-14(13)20(21)22/h4-9,19H,1-3H3,(H2,17,23,24)/b18-10-. The predicted octanol–water partition coefficient (Wildman–Crippen LogP) is 2.10. The van der Waals surface area contributed by atoms with E-state index in [0.717, 1.165) is 12.1 Å². The third-order valence-corrected chi connectivity index (χ3v) is 4.55. The number of sulfonamides is 1. The zero-order chi connectivity index (χ0) is 20.2. The van der Waals surface area contributed by atoms with Crippen LogP contribution in [0.5, 0.6) is 11.5 Å². The van der Waals surface area contributed by atoms with Gasteiger partial charge in [-0.1, -0.05) is 0 Å². The fraction of sp³-hybridized carbons (Fsp3) is 0.188. The molecule has 2 rings (SSSR count). The van der Waals surface area contributed by atoms with Crippen LogP contribution in [-0.4, -0.2) is 33.3 Å². The van der Waals surface area contributed by atoms with E-state index in [0.29, 0.717) is 22.8 Å². The molecule has 0 bridgehead atoms. The average Bonchev–Trinajstić information content (AvgIpc) is 2.64. The number of nitrogens with two attached hydrogens (primary N) is 1. The monoisotopic (exact) mass is 394 g/mol. The summed E-state index contributed by atoms with van der Waals surface area (Å²) in [5, 5.41) is 20.3. The highest BCUT2D eigenvalue weighted by atomic mass is 32.2. The molecule has 0 atom stereocenters. The van der Waals surface area contributed by atoms with E-state index in [2.05, 4.69) is 10.5 Å². The van der Waals surface area contributed by atoms with Crippen LogP contribution in [0.2, 0.25) is 0 Å². The van der Waals surface area contributed by atoms with Gasteiger partial charge in [0.05, 0.1) is 29.8 Å². The second-order valence-electron chi connectivity index (χ2n) is 5.36. The lowest BCUT2D eigenvalue weighted by Crippen LogP contribution is -2.12. The third-order valence-electron chi connectivity index (χ3n) is 3.64. The van der Waals surface area contributed by atoms with Gasteiger partial charge in [0, 0.05) is 11.6 Å². The highest BCUT2D eigenvalue weighted by molar-refractivity contribution is 7.89. The molecule has 0 spiro atoms. The Kier molecular flexibility index (Phi) is 5.98. The second-order valence-corrected chi connectivity index (χ2v) is 6.92. The molecule has 2 aromatic carbocycles. The number of methoxy groups -OCH3 is 2. The number of hydrogen-bond acceptors (Lipinski definition) is 8. The highest BCUT2D eigenvalue weighted by Crippen LogP contribution is 2.29. The fourth-order valence-corrected chi connectivity index (χ4v) is 2.74. The minimum atomic E-state index is -4.06. The van der Waals surface area contributed by atoms with Crippen molar-refractivity contribution in [3.8, 4) is 11.5 Å². The number of primary sulfonamides is 1. The summed E-state index contributed by atoms with van der Waals surface area (Å²) in [4.78, 5) is 10.1. The van der Waals surface area contributed by atoms with E-state index in [1.165, 1.54) is 20.3 Å². The number of anilines is 1. The molecule has 3 N–H and O–H groups in total. The molecule has 0 fully saturated rings. The van der Waals surface area contributed by atoms with Gasteiger partial charge in [-0.3, -0.25) is 15.5 Å². The summed E-state index contributed by atoms with van der Waals surface area (Å²) in [5.41, 5.74) is 3.34. The van der Waals surface area contributed by atoms with E-state index in [-0.39, 0.29) is 10.6 Å². The summed E-state index contributed by atoms with van der Waals surface area (Å²) in [5.74, 6) is 1.06. The van der Waals surface area contributed by atoms with Crippen molar-refractivity contribution in [3.05, 3.63) is 52.1 Å². The Morgan fingerprint density at radius 3 is 2.37 bits per heavy atom. The van der Waals surface area contributed by atoms with Gasteiger partial charge in [0.25, 0.3) is 5.69 Å². The van der Waals surface area contributed by atoms with Crippen molar-refractivity contribution in [1.82, 2.24) is 0 Å². The topological polar surface area (TPSA) is 146 Å². The zero-order valence-corrected chi connectivity index (χ0v) is 15.6. The van der Waals surface area contributed by atoms with Crippen molar-refractivity contribution in [2.45, 2.75) is 11.8 Å². The van der Waals surface area contributed by atoms with Crippen molar-refractivity contribution >= 4 is 27.1 Å². The molecular weight excluding hydrogens is 376 g/mol. The Bertz CT molecular complexity index is 1000. The van der Waals surface area contributed by atoms with Gasteiger partial charge >= 0.3 is 0 Å². The van der Waals surface area contributed by atoms with E-state index in [4.69, 9.17) is 14.6 Å². The van der Waals surface area contributed by atoms with Crippen molar-refractivity contribution < 1.29 is 22.8 Å². The Morgan fingerprint density at radius 1 is 1.15 bits per heavy atom. The summed E-state index contributed by atoms with van der Waals surface area (Å²) in [7, 11) is -1.04. The molecule has 144 valence electrons. The highest BCUT2D eigenvalue weighted by Gasteiger charge is 2.19. The fourth-order valence-electron chi connectivity index (χ4n) is 2.20. The largest absolute Gasteiger partial charge is 0.493 e. The van der Waals surface area contributed by atoms with Gasteiger partial charge in [0.15, 0.2) is 11.5 Å². The van der Waals surface area contributed by atoms with Crippen LogP contribution in [0, 0.1) is 10.1 Å². The minimum absolute atomic E-state index is 0.0206. The maximum Gasteiger partial charge on any atom is 0.295 e. The van der Waals surface area contributed by atoms with Gasteiger partial charge in [-0.05, 0) is 37.3 Å². The molecule has 0 aliphatic heterocycles. The van der Waals surface area contributed by atoms with Crippen LogP contribution >= 0.6 is 0 Å². The normalized spacial score (nSPS) is 11.8. The van der Waals surface area contributed by atoms with Gasteiger partial charge in [-0.15, -0.1) is 0 Å². The molecule has 0 saturated heterocycles. The number of hydrazone groups is 1. The van der Waals surface area contributed by atoms with E-state index >= 15 is 0 Å². The number of nitro benzene ring substituents is 1. The van der Waals surface area contributed by atoms with Crippen molar-refractivity contribution in [1.29, 1.82) is 0 Å². The predicted molar refractivity (Wildman–Crippen MR) is 99.8 cm³/mol. The second kappa shape index (κ2) is 8.01. The van der Waals surface area contributed by atoms with Crippen molar-refractivity contribution in [2.24, 2.45) is 10.2 Å². The number of rotatable bonds is 7. The summed E-state index contributed by atoms with van der Waals surface area (Å²) in [6, 6.07) is 8.42. The summed E-state index contributed by atoms with van der Waals surface area (Å²) in [6.45, 7) is 1.69. The van der Waals surface area contributed by atoms with E-state index in [1.807, 2.05) is 0 Å². The average molecular weight is 394 g/mol. The molecule has 11 heteroatoms. The first kappa shape index (κ1) is 20.1. The molecule has 0 unspecified atom stereocenters. The van der Waals surface area contributed by atoms with E-state index in [9.17, 15) is 18.5 Å². The van der Waals surface area contributed by atoms with Gasteiger partial charge in [0.2, 0.25) is 10.0 Å². The van der Waals surface area contributed by atoms with Crippen LogP contribution in [0.15, 0.2) is 46.4 Å². The van der Waals surface area contributed by atoms with Crippen LogP contribution in [0.1, 0.15) is 12.5 Å². The van der Waals surface area contributed by atoms with Crippen LogP contribution in [-0.2, 0) is 10.0 Å². The minimum Gasteiger partial charge on any atom is -0.493 e. The van der Waals surface area contributed by atoms with E-state index < -0.39 is 20.6 Å². The van der Waals surface area contributed by atoms with Gasteiger partial charge in [0.1, 0.15) is 5.69 Å². The molecule has 27 heavy (non-hydrogen) atoms. The smallest absolute Gasteiger partial charge is 0.295 e. The molecule has 0 heterocycles. The third kappa shape index (κ3) is 4.71. The van der Waals surface area contributed by atoms with Crippen LogP contribution < -0.4 is 20.0 Å². The lowest BCUT2D eigenvalue weighted by Gasteiger charge is -2.10. The van der Waals surface area contributed by atoms with Gasteiger partial charge in [-0.25, -0.2) is 13.6 Å². The number of ether oxygens (including phenoxy) is 2. The quantitative estimate of drug-likeness (QED) is 0.415. The lowest BCUT2D eigenvalue weighted by atomic mass is 10.1. The number of nitro groups is 1. The van der Waals surface area contributed by atoms with Crippen LogP contribution in [0.4, 0.5) is 11.4 Å². The van der Waals surface area contributed by atoms with E-state index in [1.54, 1.807) is 25.1 Å².